The van der Waals surface area contributed by atoms with Crippen LogP contribution in [-0.4, -0.2) is 27.7 Å². The maximum absolute atomic E-state index is 12.1. The summed E-state index contributed by atoms with van der Waals surface area (Å²) in [5.74, 6) is 0. The van der Waals surface area contributed by atoms with Gasteiger partial charge in [0.15, 0.2) is 0 Å². The molecule has 1 aliphatic rings. The van der Waals surface area contributed by atoms with Crippen LogP contribution in [-0.2, 0) is 14.8 Å². The third kappa shape index (κ3) is 3.32. The van der Waals surface area contributed by atoms with Crippen LogP contribution >= 0.6 is 15.9 Å². The van der Waals surface area contributed by atoms with E-state index in [1.165, 1.54) is 0 Å². The molecule has 1 atom stereocenters. The molecule has 1 fully saturated rings. The standard InChI is InChI=1S/C12H16BrNO3S/c1-9-4-5-12(11(13)7-9)18(15,16)14-8-10-3-2-6-17-10/h4-5,7,10,14H,2-3,6,8H2,1H3. The van der Waals surface area contributed by atoms with Gasteiger partial charge in [-0.2, -0.15) is 0 Å². The Balaban J connectivity index is 2.09. The molecule has 1 heterocycles. The molecule has 0 aliphatic carbocycles. The van der Waals surface area contributed by atoms with E-state index in [1.54, 1.807) is 18.2 Å². The van der Waals surface area contributed by atoms with E-state index < -0.39 is 10.0 Å². The zero-order chi connectivity index (χ0) is 13.2. The Morgan fingerprint density at radius 1 is 1.50 bits per heavy atom. The Bertz CT molecular complexity index is 524. The highest BCUT2D eigenvalue weighted by molar-refractivity contribution is 9.10. The molecule has 0 saturated carbocycles. The van der Waals surface area contributed by atoms with Crippen LogP contribution in [0.2, 0.25) is 0 Å². The summed E-state index contributed by atoms with van der Waals surface area (Å²) in [4.78, 5) is 0.270. The molecule has 1 aromatic carbocycles. The SMILES string of the molecule is Cc1ccc(S(=O)(=O)NCC2CCCO2)c(Br)c1. The van der Waals surface area contributed by atoms with Crippen molar-refractivity contribution in [2.45, 2.75) is 30.8 Å². The lowest BCUT2D eigenvalue weighted by Gasteiger charge is -2.12. The molecule has 0 aromatic heterocycles. The molecule has 1 saturated heterocycles. The first-order valence-corrected chi connectivity index (χ1v) is 8.14. The van der Waals surface area contributed by atoms with Crippen LogP contribution in [0.25, 0.3) is 0 Å². The first-order chi connectivity index (χ1) is 8.49. The number of hydrogen-bond acceptors (Lipinski definition) is 3. The van der Waals surface area contributed by atoms with Gasteiger partial charge in [-0.25, -0.2) is 13.1 Å². The van der Waals surface area contributed by atoms with Gasteiger partial charge in [0.1, 0.15) is 0 Å². The molecule has 0 spiro atoms. The third-order valence-electron chi connectivity index (χ3n) is 2.90. The molecule has 100 valence electrons. The van der Waals surface area contributed by atoms with Crippen LogP contribution in [0.4, 0.5) is 0 Å². The van der Waals surface area contributed by atoms with Crippen molar-refractivity contribution in [3.63, 3.8) is 0 Å². The molecule has 1 unspecified atom stereocenters. The number of benzene rings is 1. The topological polar surface area (TPSA) is 55.4 Å². The van der Waals surface area contributed by atoms with Crippen molar-refractivity contribution in [2.24, 2.45) is 0 Å². The largest absolute Gasteiger partial charge is 0.377 e. The Hall–Kier alpha value is -0.430. The van der Waals surface area contributed by atoms with Crippen LogP contribution in [0.3, 0.4) is 0 Å². The zero-order valence-electron chi connectivity index (χ0n) is 10.1. The molecule has 0 radical (unpaired) electrons. The fraction of sp³-hybridized carbons (Fsp3) is 0.500. The monoisotopic (exact) mass is 333 g/mol. The smallest absolute Gasteiger partial charge is 0.241 e. The maximum Gasteiger partial charge on any atom is 0.241 e. The summed E-state index contributed by atoms with van der Waals surface area (Å²) < 4.78 is 32.8. The number of ether oxygens (including phenoxy) is 1. The fourth-order valence-electron chi connectivity index (χ4n) is 1.91. The van der Waals surface area contributed by atoms with Crippen molar-refractivity contribution >= 4 is 26.0 Å². The Kier molecular flexibility index (Phi) is 4.42. The Morgan fingerprint density at radius 2 is 2.28 bits per heavy atom. The van der Waals surface area contributed by atoms with E-state index in [-0.39, 0.29) is 11.0 Å². The number of aryl methyl sites for hydroxylation is 1. The summed E-state index contributed by atoms with van der Waals surface area (Å²) in [6, 6.07) is 5.18. The molecular formula is C12H16BrNO3S. The Morgan fingerprint density at radius 3 is 2.89 bits per heavy atom. The molecule has 18 heavy (non-hydrogen) atoms. The van der Waals surface area contributed by atoms with Gasteiger partial charge in [0.05, 0.1) is 11.0 Å². The highest BCUT2D eigenvalue weighted by Crippen LogP contribution is 2.23. The number of sulfonamides is 1. The molecule has 1 N–H and O–H groups in total. The van der Waals surface area contributed by atoms with Crippen LogP contribution in [0.5, 0.6) is 0 Å². The minimum absolute atomic E-state index is 0.00370. The van der Waals surface area contributed by atoms with Crippen molar-refractivity contribution in [3.05, 3.63) is 28.2 Å². The fourth-order valence-corrected chi connectivity index (χ4v) is 4.17. The normalized spacial score (nSPS) is 20.2. The van der Waals surface area contributed by atoms with Crippen LogP contribution in [0, 0.1) is 6.92 Å². The van der Waals surface area contributed by atoms with E-state index in [0.717, 1.165) is 25.0 Å². The Labute approximate surface area is 116 Å². The van der Waals surface area contributed by atoms with Gasteiger partial charge in [-0.05, 0) is 53.4 Å². The van der Waals surface area contributed by atoms with E-state index in [9.17, 15) is 8.42 Å². The lowest BCUT2D eigenvalue weighted by atomic mass is 10.2. The lowest BCUT2D eigenvalue weighted by Crippen LogP contribution is -2.32. The van der Waals surface area contributed by atoms with Crippen molar-refractivity contribution in [1.29, 1.82) is 0 Å². The van der Waals surface area contributed by atoms with E-state index in [2.05, 4.69) is 20.7 Å². The molecular weight excluding hydrogens is 318 g/mol. The highest BCUT2D eigenvalue weighted by atomic mass is 79.9. The molecule has 1 aromatic rings. The molecule has 2 rings (SSSR count). The number of hydrogen-bond donors (Lipinski definition) is 1. The van der Waals surface area contributed by atoms with Gasteiger partial charge in [-0.15, -0.1) is 0 Å². The first kappa shape index (κ1) is 14.0. The second-order valence-corrected chi connectivity index (χ2v) is 7.01. The van der Waals surface area contributed by atoms with Crippen LogP contribution in [0.15, 0.2) is 27.6 Å². The molecule has 1 aliphatic heterocycles. The predicted octanol–water partition coefficient (Wildman–Crippen LogP) is 2.21. The average Bonchev–Trinajstić information content (AvgIpc) is 2.78. The minimum atomic E-state index is -3.47. The summed E-state index contributed by atoms with van der Waals surface area (Å²) in [6.07, 6.45) is 1.92. The second kappa shape index (κ2) is 5.69. The highest BCUT2D eigenvalue weighted by Gasteiger charge is 2.21. The van der Waals surface area contributed by atoms with Crippen molar-refractivity contribution in [2.75, 3.05) is 13.2 Å². The van der Waals surface area contributed by atoms with Gasteiger partial charge in [-0.1, -0.05) is 6.07 Å². The average molecular weight is 334 g/mol. The van der Waals surface area contributed by atoms with Crippen molar-refractivity contribution in [3.8, 4) is 0 Å². The van der Waals surface area contributed by atoms with Crippen molar-refractivity contribution < 1.29 is 13.2 Å². The predicted molar refractivity (Wildman–Crippen MR) is 73.0 cm³/mol. The summed E-state index contributed by atoms with van der Waals surface area (Å²) in [5, 5.41) is 0. The van der Waals surface area contributed by atoms with Gasteiger partial charge in [0, 0.05) is 17.6 Å². The quantitative estimate of drug-likeness (QED) is 0.919. The number of nitrogens with one attached hydrogen (secondary N) is 1. The summed E-state index contributed by atoms with van der Waals surface area (Å²) in [7, 11) is -3.47. The molecule has 0 amide bonds. The zero-order valence-corrected chi connectivity index (χ0v) is 12.6. The minimum Gasteiger partial charge on any atom is -0.377 e. The third-order valence-corrected chi connectivity index (χ3v) is 5.30. The van der Waals surface area contributed by atoms with E-state index in [0.29, 0.717) is 11.0 Å². The van der Waals surface area contributed by atoms with Crippen molar-refractivity contribution in [1.82, 2.24) is 4.72 Å². The van der Waals surface area contributed by atoms with E-state index in [1.807, 2.05) is 6.92 Å². The first-order valence-electron chi connectivity index (χ1n) is 5.86. The van der Waals surface area contributed by atoms with Gasteiger partial charge >= 0.3 is 0 Å². The van der Waals surface area contributed by atoms with Crippen LogP contribution < -0.4 is 4.72 Å². The lowest BCUT2D eigenvalue weighted by molar-refractivity contribution is 0.114. The molecule has 6 heteroatoms. The summed E-state index contributed by atoms with van der Waals surface area (Å²) in [5.41, 5.74) is 1.01. The van der Waals surface area contributed by atoms with E-state index >= 15 is 0 Å². The maximum atomic E-state index is 12.1. The molecule has 4 nitrogen and oxygen atoms in total. The van der Waals surface area contributed by atoms with Gasteiger partial charge in [0.2, 0.25) is 10.0 Å². The van der Waals surface area contributed by atoms with Gasteiger partial charge in [0.25, 0.3) is 0 Å². The van der Waals surface area contributed by atoms with Gasteiger partial charge in [-0.3, -0.25) is 0 Å². The number of halogens is 1. The summed E-state index contributed by atoms with van der Waals surface area (Å²) >= 11 is 3.29. The van der Waals surface area contributed by atoms with E-state index in [4.69, 9.17) is 4.74 Å². The van der Waals surface area contributed by atoms with Gasteiger partial charge < -0.3 is 4.74 Å². The van der Waals surface area contributed by atoms with Crippen LogP contribution in [0.1, 0.15) is 18.4 Å². The second-order valence-electron chi connectivity index (χ2n) is 4.42. The molecule has 0 bridgehead atoms. The summed E-state index contributed by atoms with van der Waals surface area (Å²) in [6.45, 7) is 2.98. The number of rotatable bonds is 4.